The summed E-state index contributed by atoms with van der Waals surface area (Å²) in [6, 6.07) is 9.23. The number of hydrogen-bond acceptors (Lipinski definition) is 6. The molecule has 0 atom stereocenters. The average molecular weight is 419 g/mol. The van der Waals surface area contributed by atoms with Crippen molar-refractivity contribution in [3.8, 4) is 9.88 Å². The van der Waals surface area contributed by atoms with Gasteiger partial charge in [-0.2, -0.15) is 0 Å². The number of benzene rings is 1. The molecule has 3 aromatic rings. The zero-order chi connectivity index (χ0) is 18.8. The Morgan fingerprint density at radius 3 is 2.96 bits per heavy atom. The first-order chi connectivity index (χ1) is 13.1. The molecule has 1 fully saturated rings. The van der Waals surface area contributed by atoms with Crippen molar-refractivity contribution < 1.29 is 9.59 Å². The number of carbonyl (C=O) groups is 2. The first kappa shape index (κ1) is 18.0. The van der Waals surface area contributed by atoms with Gasteiger partial charge in [0.2, 0.25) is 5.91 Å². The Bertz CT molecular complexity index is 987. The number of rotatable bonds is 4. The average Bonchev–Trinajstić information content (AvgIpc) is 3.33. The Labute approximate surface area is 168 Å². The molecule has 2 aromatic heterocycles. The van der Waals surface area contributed by atoms with Crippen LogP contribution in [0.25, 0.3) is 9.88 Å². The molecule has 1 saturated heterocycles. The molecule has 27 heavy (non-hydrogen) atoms. The number of anilines is 2. The van der Waals surface area contributed by atoms with E-state index in [2.05, 4.69) is 15.6 Å². The number of amides is 2. The quantitative estimate of drug-likeness (QED) is 0.677. The number of thiazole rings is 1. The molecule has 9 heteroatoms. The van der Waals surface area contributed by atoms with Crippen LogP contribution in [-0.4, -0.2) is 36.4 Å². The minimum atomic E-state index is -0.225. The fourth-order valence-electron chi connectivity index (χ4n) is 2.77. The summed E-state index contributed by atoms with van der Waals surface area (Å²) in [6.45, 7) is 1.56. The lowest BCUT2D eigenvalue weighted by Gasteiger charge is -2.29. The molecule has 0 aliphatic carbocycles. The first-order valence-electron chi connectivity index (χ1n) is 8.22. The highest BCUT2D eigenvalue weighted by Crippen LogP contribution is 2.31. The van der Waals surface area contributed by atoms with E-state index in [1.54, 1.807) is 29.7 Å². The molecular formula is C18H15ClN4O2S2. The minimum Gasteiger partial charge on any atom is -0.359 e. The van der Waals surface area contributed by atoms with Crippen molar-refractivity contribution in [1.29, 1.82) is 0 Å². The van der Waals surface area contributed by atoms with Crippen LogP contribution in [0.1, 0.15) is 9.67 Å². The van der Waals surface area contributed by atoms with E-state index in [4.69, 9.17) is 11.6 Å². The fourth-order valence-corrected chi connectivity index (χ4v) is 4.69. The van der Waals surface area contributed by atoms with Crippen LogP contribution < -0.4 is 15.5 Å². The van der Waals surface area contributed by atoms with E-state index < -0.39 is 0 Å². The molecule has 0 bridgehead atoms. The largest absolute Gasteiger partial charge is 0.359 e. The van der Waals surface area contributed by atoms with Crippen molar-refractivity contribution in [2.75, 3.05) is 29.9 Å². The summed E-state index contributed by atoms with van der Waals surface area (Å²) in [5.74, 6) is -0.252. The monoisotopic (exact) mass is 418 g/mol. The number of nitrogens with zero attached hydrogens (tertiary/aromatic N) is 2. The summed E-state index contributed by atoms with van der Waals surface area (Å²) in [5.41, 5.74) is 1.38. The van der Waals surface area contributed by atoms with E-state index in [9.17, 15) is 9.59 Å². The summed E-state index contributed by atoms with van der Waals surface area (Å²) in [6.07, 6.45) is 1.58. The number of thiophene rings is 1. The Kier molecular flexibility index (Phi) is 5.11. The summed E-state index contributed by atoms with van der Waals surface area (Å²) < 4.78 is 0. The predicted molar refractivity (Wildman–Crippen MR) is 110 cm³/mol. The Hall–Kier alpha value is -2.42. The topological polar surface area (TPSA) is 74.3 Å². The lowest BCUT2D eigenvalue weighted by Crippen LogP contribution is -2.47. The van der Waals surface area contributed by atoms with Gasteiger partial charge in [0, 0.05) is 18.8 Å². The number of piperazine rings is 1. The van der Waals surface area contributed by atoms with Gasteiger partial charge in [-0.15, -0.1) is 22.7 Å². The molecule has 0 spiro atoms. The molecule has 3 heterocycles. The lowest BCUT2D eigenvalue weighted by atomic mass is 10.2. The molecule has 6 nitrogen and oxygen atoms in total. The number of carbonyl (C=O) groups excluding carboxylic acids is 2. The van der Waals surface area contributed by atoms with Crippen molar-refractivity contribution >= 4 is 57.5 Å². The molecule has 1 aliphatic rings. The Balaban J connectivity index is 1.47. The van der Waals surface area contributed by atoms with Gasteiger partial charge in [0.25, 0.3) is 5.91 Å². The summed E-state index contributed by atoms with van der Waals surface area (Å²) in [4.78, 5) is 31.9. The Morgan fingerprint density at radius 2 is 2.22 bits per heavy atom. The molecule has 0 saturated carbocycles. The SMILES string of the molecule is O=C1CN(c2ccc(NC(=O)c3cnc(-c4cccs4)s3)cc2Cl)CCN1. The molecule has 4 rings (SSSR count). The number of hydrogen-bond donors (Lipinski definition) is 2. The summed E-state index contributed by atoms with van der Waals surface area (Å²) >= 11 is 9.32. The minimum absolute atomic E-state index is 0.0264. The van der Waals surface area contributed by atoms with Crippen molar-refractivity contribution in [2.24, 2.45) is 0 Å². The maximum Gasteiger partial charge on any atom is 0.267 e. The summed E-state index contributed by atoms with van der Waals surface area (Å²) in [7, 11) is 0. The zero-order valence-electron chi connectivity index (χ0n) is 14.1. The van der Waals surface area contributed by atoms with Crippen LogP contribution in [0, 0.1) is 0 Å². The predicted octanol–water partition coefficient (Wildman–Crippen LogP) is 3.71. The lowest BCUT2D eigenvalue weighted by molar-refractivity contribution is -0.120. The van der Waals surface area contributed by atoms with Crippen LogP contribution in [0.5, 0.6) is 0 Å². The zero-order valence-corrected chi connectivity index (χ0v) is 16.5. The molecule has 2 amide bonds. The van der Waals surface area contributed by atoms with Gasteiger partial charge in [-0.3, -0.25) is 9.59 Å². The highest BCUT2D eigenvalue weighted by molar-refractivity contribution is 7.22. The maximum atomic E-state index is 12.5. The van der Waals surface area contributed by atoms with Crippen LogP contribution in [0.15, 0.2) is 41.9 Å². The maximum absolute atomic E-state index is 12.5. The molecule has 0 radical (unpaired) electrons. The van der Waals surface area contributed by atoms with E-state index in [-0.39, 0.29) is 18.4 Å². The van der Waals surface area contributed by atoms with Crippen LogP contribution >= 0.6 is 34.3 Å². The third kappa shape index (κ3) is 3.97. The third-order valence-electron chi connectivity index (χ3n) is 4.05. The second kappa shape index (κ2) is 7.67. The van der Waals surface area contributed by atoms with Gasteiger partial charge in [-0.25, -0.2) is 4.98 Å². The van der Waals surface area contributed by atoms with Crippen molar-refractivity contribution in [1.82, 2.24) is 10.3 Å². The standard InChI is InChI=1S/C18H15ClN4O2S2/c19-12-8-11(3-4-13(12)23-6-5-20-16(24)10-23)22-17(25)15-9-21-18(27-15)14-2-1-7-26-14/h1-4,7-9H,5-6,10H2,(H,20,24)(H,22,25). The number of aromatic nitrogens is 1. The van der Waals surface area contributed by atoms with Gasteiger partial charge in [0.05, 0.1) is 28.3 Å². The second-order valence-electron chi connectivity index (χ2n) is 5.90. The highest BCUT2D eigenvalue weighted by Gasteiger charge is 2.19. The van der Waals surface area contributed by atoms with E-state index >= 15 is 0 Å². The Morgan fingerprint density at radius 1 is 1.33 bits per heavy atom. The fraction of sp³-hybridized carbons (Fsp3) is 0.167. The van der Waals surface area contributed by atoms with Crippen LogP contribution in [0.3, 0.4) is 0 Å². The van der Waals surface area contributed by atoms with Crippen molar-refractivity contribution in [2.45, 2.75) is 0 Å². The molecular weight excluding hydrogens is 404 g/mol. The van der Waals surface area contributed by atoms with Crippen LogP contribution in [0.2, 0.25) is 5.02 Å². The van der Waals surface area contributed by atoms with E-state index in [1.165, 1.54) is 11.3 Å². The van der Waals surface area contributed by atoms with E-state index in [0.29, 0.717) is 28.7 Å². The van der Waals surface area contributed by atoms with E-state index in [0.717, 1.165) is 15.6 Å². The second-order valence-corrected chi connectivity index (χ2v) is 8.28. The molecule has 0 unspecified atom stereocenters. The number of nitrogens with one attached hydrogen (secondary N) is 2. The summed E-state index contributed by atoms with van der Waals surface area (Å²) in [5, 5.41) is 8.93. The normalized spacial score (nSPS) is 14.1. The first-order valence-corrected chi connectivity index (χ1v) is 10.3. The van der Waals surface area contributed by atoms with Gasteiger partial charge in [0.15, 0.2) is 0 Å². The van der Waals surface area contributed by atoms with Crippen LogP contribution in [0.4, 0.5) is 11.4 Å². The smallest absolute Gasteiger partial charge is 0.267 e. The van der Waals surface area contributed by atoms with Crippen molar-refractivity contribution in [3.05, 3.63) is 51.8 Å². The molecule has 138 valence electrons. The van der Waals surface area contributed by atoms with Gasteiger partial charge >= 0.3 is 0 Å². The molecule has 1 aromatic carbocycles. The van der Waals surface area contributed by atoms with Crippen LogP contribution in [-0.2, 0) is 4.79 Å². The van der Waals surface area contributed by atoms with Crippen molar-refractivity contribution in [3.63, 3.8) is 0 Å². The van der Waals surface area contributed by atoms with Gasteiger partial charge < -0.3 is 15.5 Å². The van der Waals surface area contributed by atoms with Gasteiger partial charge in [-0.05, 0) is 29.6 Å². The van der Waals surface area contributed by atoms with Gasteiger partial charge in [0.1, 0.15) is 9.88 Å². The molecule has 1 aliphatic heterocycles. The van der Waals surface area contributed by atoms with Gasteiger partial charge in [-0.1, -0.05) is 17.7 Å². The highest BCUT2D eigenvalue weighted by atomic mass is 35.5. The number of halogens is 1. The third-order valence-corrected chi connectivity index (χ3v) is 6.38. The van der Waals surface area contributed by atoms with E-state index in [1.807, 2.05) is 28.5 Å². The molecule has 2 N–H and O–H groups in total.